The summed E-state index contributed by atoms with van der Waals surface area (Å²) in [6.07, 6.45) is 5.51. The topological polar surface area (TPSA) is 110 Å². The first-order valence-electron chi connectivity index (χ1n) is 9.49. The zero-order valence-electron chi connectivity index (χ0n) is 15.5. The van der Waals surface area contributed by atoms with Gasteiger partial charge in [0.25, 0.3) is 0 Å². The van der Waals surface area contributed by atoms with Crippen LogP contribution < -0.4 is 11.1 Å². The first-order chi connectivity index (χ1) is 13.6. The quantitative estimate of drug-likeness (QED) is 0.690. The predicted molar refractivity (Wildman–Crippen MR) is 108 cm³/mol. The smallest absolute Gasteiger partial charge is 0.324 e. The summed E-state index contributed by atoms with van der Waals surface area (Å²) in [5.74, 6) is 0.317. The first-order valence-corrected chi connectivity index (χ1v) is 10.3. The standard InChI is InChI=1S/C19H21N7OS/c1-10-24-25-17(28-10)11-2-3-12-9-21-18(22-16(12)6-11)23-19(27)26-14-4-5-15(26)8-13(20)7-14/h2-3,6,9,13-15H,4-5,7-8,20H2,1H3,(H,21,22,23,27)/t13?,14-,15?/m0/s1. The number of urea groups is 1. The van der Waals surface area contributed by atoms with E-state index >= 15 is 0 Å². The molecule has 2 unspecified atom stereocenters. The van der Waals surface area contributed by atoms with Gasteiger partial charge in [-0.05, 0) is 38.7 Å². The Hall–Kier alpha value is -2.65. The number of piperidine rings is 1. The lowest BCUT2D eigenvalue weighted by Crippen LogP contribution is -2.51. The molecule has 28 heavy (non-hydrogen) atoms. The highest BCUT2D eigenvalue weighted by molar-refractivity contribution is 7.14. The molecule has 2 aliphatic heterocycles. The van der Waals surface area contributed by atoms with Crippen molar-refractivity contribution < 1.29 is 4.79 Å². The Labute approximate surface area is 166 Å². The molecule has 2 aromatic heterocycles. The summed E-state index contributed by atoms with van der Waals surface area (Å²) in [5.41, 5.74) is 7.82. The fourth-order valence-electron chi connectivity index (χ4n) is 4.34. The van der Waals surface area contributed by atoms with Crippen LogP contribution in [0.25, 0.3) is 21.5 Å². The zero-order valence-corrected chi connectivity index (χ0v) is 16.3. The fourth-order valence-corrected chi connectivity index (χ4v) is 5.03. The molecule has 0 radical (unpaired) electrons. The Morgan fingerprint density at radius 1 is 1.25 bits per heavy atom. The average Bonchev–Trinajstić information content (AvgIpc) is 3.22. The van der Waals surface area contributed by atoms with Gasteiger partial charge >= 0.3 is 6.03 Å². The molecule has 2 saturated heterocycles. The predicted octanol–water partition coefficient (Wildman–Crippen LogP) is 2.94. The van der Waals surface area contributed by atoms with Gasteiger partial charge in [0.2, 0.25) is 5.95 Å². The van der Waals surface area contributed by atoms with Crippen molar-refractivity contribution in [1.29, 1.82) is 0 Å². The van der Waals surface area contributed by atoms with Crippen molar-refractivity contribution in [3.05, 3.63) is 29.4 Å². The Kier molecular flexibility index (Phi) is 4.21. The van der Waals surface area contributed by atoms with Gasteiger partial charge in [0.1, 0.15) is 10.0 Å². The van der Waals surface area contributed by atoms with Crippen LogP contribution >= 0.6 is 11.3 Å². The maximum absolute atomic E-state index is 12.8. The third-order valence-corrected chi connectivity index (χ3v) is 6.47. The molecule has 1 aromatic carbocycles. The third kappa shape index (κ3) is 3.10. The van der Waals surface area contributed by atoms with E-state index in [2.05, 4.69) is 25.5 Å². The maximum atomic E-state index is 12.8. The molecule has 0 spiro atoms. The van der Waals surface area contributed by atoms with Gasteiger partial charge in [-0.3, -0.25) is 5.32 Å². The van der Waals surface area contributed by atoms with Gasteiger partial charge in [-0.25, -0.2) is 14.8 Å². The van der Waals surface area contributed by atoms with Crippen molar-refractivity contribution in [3.63, 3.8) is 0 Å². The summed E-state index contributed by atoms with van der Waals surface area (Å²) in [6, 6.07) is 6.41. The van der Waals surface area contributed by atoms with Crippen LogP contribution in [0.2, 0.25) is 0 Å². The number of anilines is 1. The molecular weight excluding hydrogens is 374 g/mol. The van der Waals surface area contributed by atoms with Crippen molar-refractivity contribution in [2.24, 2.45) is 5.73 Å². The highest BCUT2D eigenvalue weighted by Crippen LogP contribution is 2.35. The van der Waals surface area contributed by atoms with Crippen LogP contribution in [0.15, 0.2) is 24.4 Å². The van der Waals surface area contributed by atoms with E-state index in [1.807, 2.05) is 30.0 Å². The number of fused-ring (bicyclic) bond motifs is 3. The van der Waals surface area contributed by atoms with Crippen molar-refractivity contribution in [3.8, 4) is 10.6 Å². The van der Waals surface area contributed by atoms with E-state index < -0.39 is 0 Å². The number of nitrogens with one attached hydrogen (secondary N) is 1. The molecule has 0 aliphatic carbocycles. The maximum Gasteiger partial charge on any atom is 0.324 e. The minimum absolute atomic E-state index is 0.130. The molecule has 2 aliphatic rings. The molecule has 2 amide bonds. The van der Waals surface area contributed by atoms with E-state index in [1.165, 1.54) is 11.3 Å². The van der Waals surface area contributed by atoms with Crippen molar-refractivity contribution in [2.45, 2.75) is 50.7 Å². The summed E-state index contributed by atoms with van der Waals surface area (Å²) < 4.78 is 0. The Morgan fingerprint density at radius 3 is 2.75 bits per heavy atom. The first kappa shape index (κ1) is 17.4. The van der Waals surface area contributed by atoms with E-state index in [1.54, 1.807) is 6.20 Å². The Balaban J connectivity index is 1.39. The second-order valence-electron chi connectivity index (χ2n) is 7.55. The molecule has 9 heteroatoms. The summed E-state index contributed by atoms with van der Waals surface area (Å²) in [7, 11) is 0. The van der Waals surface area contributed by atoms with Crippen molar-refractivity contribution in [2.75, 3.05) is 5.32 Å². The Bertz CT molecular complexity index is 1040. The highest BCUT2D eigenvalue weighted by Gasteiger charge is 2.42. The molecular formula is C19H21N7OS. The fraction of sp³-hybridized carbons (Fsp3) is 0.421. The number of benzene rings is 1. The van der Waals surface area contributed by atoms with Gasteiger partial charge in [-0.2, -0.15) is 0 Å². The molecule has 2 bridgehead atoms. The number of carbonyl (C=O) groups excluding carboxylic acids is 1. The number of carbonyl (C=O) groups is 1. The normalized spacial score (nSPS) is 23.9. The van der Waals surface area contributed by atoms with Crippen LogP contribution in [0.5, 0.6) is 0 Å². The van der Waals surface area contributed by atoms with Gasteiger partial charge in [-0.15, -0.1) is 10.2 Å². The number of hydrogen-bond donors (Lipinski definition) is 2. The van der Waals surface area contributed by atoms with Gasteiger partial charge in [0, 0.05) is 35.3 Å². The van der Waals surface area contributed by atoms with E-state index in [4.69, 9.17) is 5.73 Å². The lowest BCUT2D eigenvalue weighted by molar-refractivity contribution is 0.150. The molecule has 5 rings (SSSR count). The van der Waals surface area contributed by atoms with Crippen LogP contribution in [0.1, 0.15) is 30.7 Å². The summed E-state index contributed by atoms with van der Waals surface area (Å²) in [5, 5.41) is 13.8. The van der Waals surface area contributed by atoms with E-state index in [9.17, 15) is 4.79 Å². The van der Waals surface area contributed by atoms with Gasteiger partial charge in [-0.1, -0.05) is 23.5 Å². The SMILES string of the molecule is Cc1nnc(-c2ccc3cnc(NC(=O)N4C5CC[C@H]4CC(N)C5)nc3c2)s1. The Morgan fingerprint density at radius 2 is 2.04 bits per heavy atom. The minimum atomic E-state index is -0.130. The molecule has 144 valence electrons. The van der Waals surface area contributed by atoms with Crippen LogP contribution in [0.3, 0.4) is 0 Å². The highest BCUT2D eigenvalue weighted by atomic mass is 32.1. The van der Waals surface area contributed by atoms with Crippen molar-refractivity contribution in [1.82, 2.24) is 25.1 Å². The summed E-state index contributed by atoms with van der Waals surface area (Å²) in [6.45, 7) is 1.93. The van der Waals surface area contributed by atoms with Gasteiger partial charge < -0.3 is 10.6 Å². The van der Waals surface area contributed by atoms with E-state index in [-0.39, 0.29) is 24.2 Å². The average molecular weight is 395 g/mol. The second kappa shape index (κ2) is 6.75. The van der Waals surface area contributed by atoms with E-state index in [0.29, 0.717) is 5.95 Å². The monoisotopic (exact) mass is 395 g/mol. The number of aryl methyl sites for hydroxylation is 1. The number of nitrogens with zero attached hydrogens (tertiary/aromatic N) is 5. The number of rotatable bonds is 2. The number of hydrogen-bond acceptors (Lipinski definition) is 7. The van der Waals surface area contributed by atoms with Crippen molar-refractivity contribution >= 4 is 34.2 Å². The summed E-state index contributed by atoms with van der Waals surface area (Å²) in [4.78, 5) is 23.6. The summed E-state index contributed by atoms with van der Waals surface area (Å²) >= 11 is 1.54. The lowest BCUT2D eigenvalue weighted by Gasteiger charge is -2.37. The van der Waals surface area contributed by atoms with Gasteiger partial charge in [0.15, 0.2) is 0 Å². The number of amides is 2. The molecule has 3 atom stereocenters. The lowest BCUT2D eigenvalue weighted by atomic mass is 9.99. The van der Waals surface area contributed by atoms with Crippen LogP contribution in [-0.2, 0) is 0 Å². The molecule has 3 aromatic rings. The van der Waals surface area contributed by atoms with E-state index in [0.717, 1.165) is 52.2 Å². The van der Waals surface area contributed by atoms with Crippen LogP contribution in [0, 0.1) is 6.92 Å². The molecule has 2 fully saturated rings. The second-order valence-corrected chi connectivity index (χ2v) is 8.73. The largest absolute Gasteiger partial charge is 0.328 e. The van der Waals surface area contributed by atoms with Crippen LogP contribution in [0.4, 0.5) is 10.7 Å². The van der Waals surface area contributed by atoms with Gasteiger partial charge in [0.05, 0.1) is 5.52 Å². The molecule has 0 saturated carbocycles. The molecule has 3 N–H and O–H groups in total. The van der Waals surface area contributed by atoms with Crippen LogP contribution in [-0.4, -0.2) is 49.2 Å². The number of aromatic nitrogens is 4. The molecule has 8 nitrogen and oxygen atoms in total. The third-order valence-electron chi connectivity index (χ3n) is 5.58. The number of nitrogens with two attached hydrogens (primary N) is 1. The molecule has 4 heterocycles. The minimum Gasteiger partial charge on any atom is -0.328 e. The zero-order chi connectivity index (χ0) is 19.3.